The lowest BCUT2D eigenvalue weighted by Gasteiger charge is -2.11. The standard InChI is InChI=1S/C11H17ClN2O/c1-5-8(4)14-11(15)10(13-7-3)9(12)6-2/h6-8H,3,5H2,1-2,4H3,(H,14,15)/b9-6+,13-10?. The van der Waals surface area contributed by atoms with Gasteiger partial charge in [-0.15, -0.1) is 0 Å². The number of allylic oxidation sites excluding steroid dienone is 1. The Morgan fingerprint density at radius 1 is 1.67 bits per heavy atom. The number of carbonyl (C=O) groups is 1. The molecule has 1 unspecified atom stereocenters. The molecule has 3 nitrogen and oxygen atoms in total. The maximum Gasteiger partial charge on any atom is 0.271 e. The SMILES string of the molecule is C=CN=C(C(=O)NC(C)CC)/C(Cl)=C\C. The number of aliphatic imine (C=N–C) groups is 1. The molecule has 0 radical (unpaired) electrons. The highest BCUT2D eigenvalue weighted by Gasteiger charge is 2.15. The lowest BCUT2D eigenvalue weighted by atomic mass is 10.2. The highest BCUT2D eigenvalue weighted by Crippen LogP contribution is 2.05. The van der Waals surface area contributed by atoms with Crippen molar-refractivity contribution in [3.05, 3.63) is 23.9 Å². The predicted octanol–water partition coefficient (Wildman–Crippen LogP) is 2.63. The van der Waals surface area contributed by atoms with Gasteiger partial charge in [0.15, 0.2) is 0 Å². The average Bonchev–Trinajstić information content (AvgIpc) is 2.24. The van der Waals surface area contributed by atoms with E-state index in [2.05, 4.69) is 16.9 Å². The monoisotopic (exact) mass is 228 g/mol. The van der Waals surface area contributed by atoms with Gasteiger partial charge in [-0.25, -0.2) is 0 Å². The van der Waals surface area contributed by atoms with Crippen LogP contribution in [-0.4, -0.2) is 17.7 Å². The highest BCUT2D eigenvalue weighted by molar-refractivity contribution is 6.59. The van der Waals surface area contributed by atoms with Gasteiger partial charge < -0.3 is 5.32 Å². The summed E-state index contributed by atoms with van der Waals surface area (Å²) >= 11 is 5.85. The van der Waals surface area contributed by atoms with E-state index in [0.29, 0.717) is 5.03 Å². The van der Waals surface area contributed by atoms with Gasteiger partial charge in [0, 0.05) is 12.2 Å². The molecule has 84 valence electrons. The van der Waals surface area contributed by atoms with Crippen LogP contribution in [0, 0.1) is 0 Å². The Bertz CT molecular complexity index is 295. The molecule has 0 aliphatic rings. The molecule has 0 aromatic rings. The van der Waals surface area contributed by atoms with Crippen molar-refractivity contribution in [2.75, 3.05) is 0 Å². The summed E-state index contributed by atoms with van der Waals surface area (Å²) in [5.74, 6) is -0.271. The van der Waals surface area contributed by atoms with Crippen molar-refractivity contribution in [2.24, 2.45) is 4.99 Å². The quantitative estimate of drug-likeness (QED) is 0.723. The average molecular weight is 229 g/mol. The van der Waals surface area contributed by atoms with Gasteiger partial charge in [-0.2, -0.15) is 0 Å². The van der Waals surface area contributed by atoms with Crippen molar-refractivity contribution in [3.8, 4) is 0 Å². The summed E-state index contributed by atoms with van der Waals surface area (Å²) in [7, 11) is 0. The molecule has 1 amide bonds. The molecule has 0 heterocycles. The molecule has 0 saturated heterocycles. The summed E-state index contributed by atoms with van der Waals surface area (Å²) < 4.78 is 0. The number of hydrogen-bond donors (Lipinski definition) is 1. The van der Waals surface area contributed by atoms with Crippen molar-refractivity contribution in [3.63, 3.8) is 0 Å². The second-order valence-electron chi connectivity index (χ2n) is 3.08. The topological polar surface area (TPSA) is 41.5 Å². The van der Waals surface area contributed by atoms with Crippen LogP contribution in [0.25, 0.3) is 0 Å². The molecule has 0 spiro atoms. The summed E-state index contributed by atoms with van der Waals surface area (Å²) in [6.45, 7) is 9.11. The highest BCUT2D eigenvalue weighted by atomic mass is 35.5. The van der Waals surface area contributed by atoms with Gasteiger partial charge in [0.1, 0.15) is 5.71 Å². The Balaban J connectivity index is 4.73. The van der Waals surface area contributed by atoms with Gasteiger partial charge in [-0.3, -0.25) is 9.79 Å². The Labute approximate surface area is 95.9 Å². The van der Waals surface area contributed by atoms with E-state index >= 15 is 0 Å². The molecule has 1 atom stereocenters. The van der Waals surface area contributed by atoms with E-state index in [9.17, 15) is 4.79 Å². The molecule has 0 aliphatic carbocycles. The number of amides is 1. The summed E-state index contributed by atoms with van der Waals surface area (Å²) in [6.07, 6.45) is 3.79. The van der Waals surface area contributed by atoms with E-state index in [1.165, 1.54) is 6.20 Å². The van der Waals surface area contributed by atoms with Crippen LogP contribution in [0.4, 0.5) is 0 Å². The van der Waals surface area contributed by atoms with E-state index in [1.807, 2.05) is 13.8 Å². The zero-order chi connectivity index (χ0) is 11.8. The van der Waals surface area contributed by atoms with Crippen LogP contribution in [-0.2, 0) is 4.79 Å². The third kappa shape index (κ3) is 4.79. The number of rotatable bonds is 5. The van der Waals surface area contributed by atoms with Gasteiger partial charge in [-0.1, -0.05) is 31.2 Å². The van der Waals surface area contributed by atoms with Crippen LogP contribution in [0.1, 0.15) is 27.2 Å². The molecular weight excluding hydrogens is 212 g/mol. The first-order valence-corrected chi connectivity index (χ1v) is 5.26. The molecule has 0 saturated carbocycles. The molecular formula is C11H17ClN2O. The zero-order valence-corrected chi connectivity index (χ0v) is 10.1. The Morgan fingerprint density at radius 3 is 2.67 bits per heavy atom. The molecule has 15 heavy (non-hydrogen) atoms. The van der Waals surface area contributed by atoms with E-state index in [1.54, 1.807) is 13.0 Å². The summed E-state index contributed by atoms with van der Waals surface area (Å²) in [4.78, 5) is 15.5. The largest absolute Gasteiger partial charge is 0.348 e. The fourth-order valence-corrected chi connectivity index (χ4v) is 0.986. The van der Waals surface area contributed by atoms with E-state index < -0.39 is 0 Å². The van der Waals surface area contributed by atoms with Crippen molar-refractivity contribution < 1.29 is 4.79 Å². The maximum absolute atomic E-state index is 11.7. The van der Waals surface area contributed by atoms with Crippen LogP contribution < -0.4 is 5.32 Å². The first-order valence-electron chi connectivity index (χ1n) is 4.88. The minimum atomic E-state index is -0.271. The number of carbonyl (C=O) groups excluding carboxylic acids is 1. The predicted molar refractivity (Wildman–Crippen MR) is 65.1 cm³/mol. The smallest absolute Gasteiger partial charge is 0.271 e. The van der Waals surface area contributed by atoms with Gasteiger partial charge >= 0.3 is 0 Å². The van der Waals surface area contributed by atoms with Crippen LogP contribution in [0.2, 0.25) is 0 Å². The zero-order valence-electron chi connectivity index (χ0n) is 9.38. The molecule has 0 aliphatic heterocycles. The third-order valence-corrected chi connectivity index (χ3v) is 2.30. The first kappa shape index (κ1) is 13.9. The van der Waals surface area contributed by atoms with Crippen molar-refractivity contribution >= 4 is 23.2 Å². The van der Waals surface area contributed by atoms with Gasteiger partial charge in [0.2, 0.25) is 0 Å². The van der Waals surface area contributed by atoms with E-state index in [-0.39, 0.29) is 17.7 Å². The molecule has 0 fully saturated rings. The second-order valence-corrected chi connectivity index (χ2v) is 3.49. The molecule has 0 rings (SSSR count). The Kier molecular flexibility index (Phi) is 6.71. The van der Waals surface area contributed by atoms with Crippen LogP contribution in [0.3, 0.4) is 0 Å². The molecule has 0 aromatic heterocycles. The van der Waals surface area contributed by atoms with Crippen molar-refractivity contribution in [1.82, 2.24) is 5.32 Å². The lowest BCUT2D eigenvalue weighted by molar-refractivity contribution is -0.115. The van der Waals surface area contributed by atoms with E-state index in [0.717, 1.165) is 6.42 Å². The second kappa shape index (κ2) is 7.23. The summed E-state index contributed by atoms with van der Waals surface area (Å²) in [6, 6.07) is 0.105. The maximum atomic E-state index is 11.7. The summed E-state index contributed by atoms with van der Waals surface area (Å²) in [5.41, 5.74) is 0.203. The van der Waals surface area contributed by atoms with Crippen LogP contribution in [0.15, 0.2) is 28.9 Å². The van der Waals surface area contributed by atoms with Crippen molar-refractivity contribution in [1.29, 1.82) is 0 Å². The van der Waals surface area contributed by atoms with Crippen molar-refractivity contribution in [2.45, 2.75) is 33.2 Å². The minimum Gasteiger partial charge on any atom is -0.348 e. The van der Waals surface area contributed by atoms with Crippen LogP contribution in [0.5, 0.6) is 0 Å². The molecule has 4 heteroatoms. The fraction of sp³-hybridized carbons (Fsp3) is 0.455. The number of nitrogens with one attached hydrogen (secondary N) is 1. The molecule has 0 aromatic carbocycles. The van der Waals surface area contributed by atoms with Gasteiger partial charge in [-0.05, 0) is 20.3 Å². The first-order chi connectivity index (χ1) is 7.06. The molecule has 0 bridgehead atoms. The van der Waals surface area contributed by atoms with Gasteiger partial charge in [0.25, 0.3) is 5.91 Å². The van der Waals surface area contributed by atoms with E-state index in [4.69, 9.17) is 11.6 Å². The number of hydrogen-bond acceptors (Lipinski definition) is 2. The lowest BCUT2D eigenvalue weighted by Crippen LogP contribution is -2.37. The Morgan fingerprint density at radius 2 is 2.27 bits per heavy atom. The fourth-order valence-electron chi connectivity index (χ4n) is 0.851. The third-order valence-electron chi connectivity index (χ3n) is 1.90. The normalized spacial score (nSPS) is 14.7. The molecule has 1 N–H and O–H groups in total. The number of halogens is 1. The van der Waals surface area contributed by atoms with Gasteiger partial charge in [0.05, 0.1) is 5.03 Å². The summed E-state index contributed by atoms with van der Waals surface area (Å²) in [5, 5.41) is 3.12. The minimum absolute atomic E-state index is 0.105. The Hall–Kier alpha value is -1.09. The van der Waals surface area contributed by atoms with Crippen LogP contribution >= 0.6 is 11.6 Å². The number of nitrogens with zero attached hydrogens (tertiary/aromatic N) is 1.